The summed E-state index contributed by atoms with van der Waals surface area (Å²) in [5.74, 6) is 2.39. The minimum Gasteiger partial charge on any atom is -0.247 e. The Bertz CT molecular complexity index is 304. The smallest absolute Gasteiger partial charge is 0.106 e. The Labute approximate surface area is 142 Å². The van der Waals surface area contributed by atoms with E-state index in [4.69, 9.17) is 0 Å². The van der Waals surface area contributed by atoms with E-state index in [-0.39, 0.29) is 5.92 Å². The van der Waals surface area contributed by atoms with Crippen molar-refractivity contribution in [1.82, 2.24) is 0 Å². The van der Waals surface area contributed by atoms with Crippen LogP contribution in [0.25, 0.3) is 0 Å². The normalized spacial score (nSPS) is 42.7. The van der Waals surface area contributed by atoms with Gasteiger partial charge in [-0.15, -0.1) is 0 Å². The van der Waals surface area contributed by atoms with Gasteiger partial charge in [0.15, 0.2) is 0 Å². The molecule has 0 amide bonds. The minimum atomic E-state index is -0.909. The van der Waals surface area contributed by atoms with Crippen molar-refractivity contribution >= 4 is 0 Å². The SMILES string of the molecule is CC1CCC(C2CC(F)C(C)C(F)C2)CC1.CC1CCCCC1. The summed E-state index contributed by atoms with van der Waals surface area (Å²) < 4.78 is 27.3. The van der Waals surface area contributed by atoms with Gasteiger partial charge >= 0.3 is 0 Å². The number of hydrogen-bond donors (Lipinski definition) is 0. The topological polar surface area (TPSA) is 0 Å². The van der Waals surface area contributed by atoms with Crippen molar-refractivity contribution in [2.75, 3.05) is 0 Å². The summed E-state index contributed by atoms with van der Waals surface area (Å²) in [6.45, 7) is 6.36. The van der Waals surface area contributed by atoms with Crippen LogP contribution in [-0.4, -0.2) is 12.3 Å². The Morgan fingerprint density at radius 3 is 1.48 bits per heavy atom. The van der Waals surface area contributed by atoms with Gasteiger partial charge in [0.25, 0.3) is 0 Å². The van der Waals surface area contributed by atoms with E-state index in [1.54, 1.807) is 6.92 Å². The van der Waals surface area contributed by atoms with Crippen molar-refractivity contribution < 1.29 is 8.78 Å². The van der Waals surface area contributed by atoms with Crippen LogP contribution in [0.3, 0.4) is 0 Å². The van der Waals surface area contributed by atoms with Gasteiger partial charge in [-0.25, -0.2) is 8.78 Å². The van der Waals surface area contributed by atoms with E-state index in [1.165, 1.54) is 57.8 Å². The molecule has 0 heterocycles. The summed E-state index contributed by atoms with van der Waals surface area (Å²) in [6.07, 6.45) is 11.7. The van der Waals surface area contributed by atoms with E-state index in [0.29, 0.717) is 24.7 Å². The molecule has 0 aromatic rings. The maximum Gasteiger partial charge on any atom is 0.106 e. The van der Waals surface area contributed by atoms with E-state index in [1.807, 2.05) is 0 Å². The molecule has 0 spiro atoms. The molecule has 0 bridgehead atoms. The van der Waals surface area contributed by atoms with E-state index < -0.39 is 12.3 Å². The highest BCUT2D eigenvalue weighted by atomic mass is 19.1. The van der Waals surface area contributed by atoms with Gasteiger partial charge in [-0.2, -0.15) is 0 Å². The first kappa shape index (κ1) is 19.2. The van der Waals surface area contributed by atoms with Crippen molar-refractivity contribution in [1.29, 1.82) is 0 Å². The van der Waals surface area contributed by atoms with Gasteiger partial charge in [-0.3, -0.25) is 0 Å². The molecule has 0 radical (unpaired) electrons. The average Bonchev–Trinajstić information content (AvgIpc) is 2.54. The molecule has 23 heavy (non-hydrogen) atoms. The number of alkyl halides is 2. The minimum absolute atomic E-state index is 0.314. The maximum absolute atomic E-state index is 13.7. The number of hydrogen-bond acceptors (Lipinski definition) is 0. The molecule has 0 aromatic carbocycles. The van der Waals surface area contributed by atoms with Crippen molar-refractivity contribution in [3.8, 4) is 0 Å². The van der Waals surface area contributed by atoms with E-state index >= 15 is 0 Å². The molecule has 3 fully saturated rings. The molecule has 0 nitrogen and oxygen atoms in total. The lowest BCUT2D eigenvalue weighted by Crippen LogP contribution is -2.37. The van der Waals surface area contributed by atoms with Crippen molar-refractivity contribution in [3.05, 3.63) is 0 Å². The van der Waals surface area contributed by atoms with Crippen LogP contribution in [0, 0.1) is 29.6 Å². The molecular weight excluding hydrogens is 290 g/mol. The van der Waals surface area contributed by atoms with Crippen LogP contribution in [0.4, 0.5) is 8.78 Å². The van der Waals surface area contributed by atoms with Crippen LogP contribution in [0.1, 0.15) is 91.4 Å². The van der Waals surface area contributed by atoms with Gasteiger partial charge in [0.1, 0.15) is 12.3 Å². The van der Waals surface area contributed by atoms with Gasteiger partial charge in [0.05, 0.1) is 0 Å². The van der Waals surface area contributed by atoms with Crippen molar-refractivity contribution in [2.45, 2.75) is 104 Å². The Morgan fingerprint density at radius 1 is 0.565 bits per heavy atom. The van der Waals surface area contributed by atoms with Crippen LogP contribution < -0.4 is 0 Å². The van der Waals surface area contributed by atoms with Gasteiger partial charge in [0, 0.05) is 5.92 Å². The molecule has 2 heteroatoms. The molecule has 136 valence electrons. The highest BCUT2D eigenvalue weighted by Crippen LogP contribution is 2.42. The molecule has 3 rings (SSSR count). The number of rotatable bonds is 1. The summed E-state index contributed by atoms with van der Waals surface area (Å²) in [7, 11) is 0. The molecule has 0 saturated heterocycles. The van der Waals surface area contributed by atoms with Crippen molar-refractivity contribution in [2.24, 2.45) is 29.6 Å². The highest BCUT2D eigenvalue weighted by Gasteiger charge is 2.39. The summed E-state index contributed by atoms with van der Waals surface area (Å²) in [5, 5.41) is 0. The molecule has 2 unspecified atom stereocenters. The van der Waals surface area contributed by atoms with E-state index in [0.717, 1.165) is 11.8 Å². The monoisotopic (exact) mass is 328 g/mol. The van der Waals surface area contributed by atoms with Crippen LogP contribution in [0.5, 0.6) is 0 Å². The second kappa shape index (κ2) is 9.37. The molecule has 2 atom stereocenters. The largest absolute Gasteiger partial charge is 0.247 e. The zero-order chi connectivity index (χ0) is 16.8. The third-order valence-corrected chi connectivity index (χ3v) is 6.82. The third kappa shape index (κ3) is 6.02. The standard InChI is InChI=1S/C14H24F2.C7H14/c1-9-3-5-11(6-4-9)12-7-13(15)10(2)14(16)8-12;1-7-5-3-2-4-6-7/h9-14H,3-8H2,1-2H3;7H,2-6H2,1H3. The second-order valence-corrected chi connectivity index (χ2v) is 8.89. The van der Waals surface area contributed by atoms with Crippen LogP contribution >= 0.6 is 0 Å². The fraction of sp³-hybridized carbons (Fsp3) is 1.00. The lowest BCUT2D eigenvalue weighted by molar-refractivity contribution is 0.0238. The first-order valence-electron chi connectivity index (χ1n) is 10.3. The van der Waals surface area contributed by atoms with Gasteiger partial charge in [-0.05, 0) is 49.4 Å². The molecular formula is C21H38F2. The predicted octanol–water partition coefficient (Wildman–Crippen LogP) is 7.12. The van der Waals surface area contributed by atoms with Gasteiger partial charge in [-0.1, -0.05) is 65.7 Å². The lowest BCUT2D eigenvalue weighted by atomic mass is 9.68. The molecule has 3 aliphatic rings. The first-order chi connectivity index (χ1) is 11.0. The summed E-state index contributed by atoms with van der Waals surface area (Å²) >= 11 is 0. The van der Waals surface area contributed by atoms with Crippen LogP contribution in [-0.2, 0) is 0 Å². The van der Waals surface area contributed by atoms with Crippen LogP contribution in [0.2, 0.25) is 0 Å². The fourth-order valence-electron chi connectivity index (χ4n) is 4.78. The predicted molar refractivity (Wildman–Crippen MR) is 95.1 cm³/mol. The van der Waals surface area contributed by atoms with E-state index in [2.05, 4.69) is 13.8 Å². The third-order valence-electron chi connectivity index (χ3n) is 6.82. The molecule has 0 N–H and O–H groups in total. The molecule has 3 saturated carbocycles. The quantitative estimate of drug-likeness (QED) is 0.480. The Hall–Kier alpha value is -0.140. The maximum atomic E-state index is 13.7. The Balaban J connectivity index is 0.000000229. The molecule has 3 aliphatic carbocycles. The van der Waals surface area contributed by atoms with Crippen molar-refractivity contribution in [3.63, 3.8) is 0 Å². The molecule has 0 aliphatic heterocycles. The summed E-state index contributed by atoms with van der Waals surface area (Å²) in [6, 6.07) is 0. The Kier molecular flexibility index (Phi) is 7.82. The highest BCUT2D eigenvalue weighted by molar-refractivity contribution is 4.88. The second-order valence-electron chi connectivity index (χ2n) is 8.89. The lowest BCUT2D eigenvalue weighted by Gasteiger charge is -2.39. The Morgan fingerprint density at radius 2 is 1.04 bits per heavy atom. The zero-order valence-corrected chi connectivity index (χ0v) is 15.6. The van der Waals surface area contributed by atoms with Gasteiger partial charge < -0.3 is 0 Å². The first-order valence-corrected chi connectivity index (χ1v) is 10.3. The zero-order valence-electron chi connectivity index (χ0n) is 15.6. The number of halogens is 2. The summed E-state index contributed by atoms with van der Waals surface area (Å²) in [5.41, 5.74) is 0. The fourth-order valence-corrected chi connectivity index (χ4v) is 4.78. The summed E-state index contributed by atoms with van der Waals surface area (Å²) in [4.78, 5) is 0. The van der Waals surface area contributed by atoms with E-state index in [9.17, 15) is 8.78 Å². The molecule has 0 aromatic heterocycles. The van der Waals surface area contributed by atoms with Gasteiger partial charge in [0.2, 0.25) is 0 Å². The average molecular weight is 329 g/mol. The van der Waals surface area contributed by atoms with Crippen LogP contribution in [0.15, 0.2) is 0 Å².